The van der Waals surface area contributed by atoms with E-state index >= 15 is 0 Å². The summed E-state index contributed by atoms with van der Waals surface area (Å²) in [7, 11) is 0. The van der Waals surface area contributed by atoms with E-state index in [1.54, 1.807) is 48.5 Å². The molecular weight excluding hydrogens is 274 g/mol. The normalized spacial score (nSPS) is 9.85. The van der Waals surface area contributed by atoms with Crippen LogP contribution in [0.5, 0.6) is 0 Å². The van der Waals surface area contributed by atoms with Gasteiger partial charge in [-0.2, -0.15) is 0 Å². The van der Waals surface area contributed by atoms with E-state index in [9.17, 15) is 9.59 Å². The van der Waals surface area contributed by atoms with Crippen LogP contribution >= 0.6 is 12.6 Å². The van der Waals surface area contributed by atoms with Gasteiger partial charge >= 0.3 is 6.03 Å². The number of amides is 3. The lowest BCUT2D eigenvalue weighted by Crippen LogP contribution is -2.19. The van der Waals surface area contributed by atoms with Crippen molar-refractivity contribution in [3.05, 3.63) is 54.1 Å². The number of hydrogen-bond donors (Lipinski definition) is 4. The zero-order valence-electron chi connectivity index (χ0n) is 10.5. The van der Waals surface area contributed by atoms with Crippen LogP contribution in [0.1, 0.15) is 10.4 Å². The maximum Gasteiger partial charge on any atom is 0.316 e. The molecule has 0 bridgehead atoms. The first-order valence-corrected chi connectivity index (χ1v) is 6.26. The number of benzene rings is 2. The van der Waals surface area contributed by atoms with Gasteiger partial charge in [0.25, 0.3) is 5.91 Å². The van der Waals surface area contributed by atoms with E-state index in [4.69, 9.17) is 5.73 Å². The van der Waals surface area contributed by atoms with Crippen molar-refractivity contribution in [2.75, 3.05) is 10.6 Å². The highest BCUT2D eigenvalue weighted by molar-refractivity contribution is 7.80. The molecule has 2 rings (SSSR count). The van der Waals surface area contributed by atoms with Gasteiger partial charge in [-0.15, -0.1) is 12.6 Å². The average molecular weight is 287 g/mol. The van der Waals surface area contributed by atoms with Gasteiger partial charge < -0.3 is 16.4 Å². The molecule has 0 fully saturated rings. The standard InChI is InChI=1S/C14H13N3O2S/c15-14(19)17-11-3-1-2-9(8-11)13(18)16-10-4-6-12(20)7-5-10/h1-8,20H,(H,16,18)(H3,15,17,19). The van der Waals surface area contributed by atoms with Gasteiger partial charge in [-0.05, 0) is 42.5 Å². The van der Waals surface area contributed by atoms with Crippen molar-refractivity contribution >= 4 is 35.9 Å². The molecule has 20 heavy (non-hydrogen) atoms. The number of thiol groups is 1. The number of nitrogens with one attached hydrogen (secondary N) is 2. The number of primary amides is 1. The van der Waals surface area contributed by atoms with Crippen LogP contribution in [-0.2, 0) is 0 Å². The molecule has 0 unspecified atom stereocenters. The maximum absolute atomic E-state index is 12.1. The molecule has 0 atom stereocenters. The van der Waals surface area contributed by atoms with Gasteiger partial charge in [0.05, 0.1) is 0 Å². The minimum atomic E-state index is -0.674. The Morgan fingerprint density at radius 3 is 2.30 bits per heavy atom. The van der Waals surface area contributed by atoms with E-state index in [2.05, 4.69) is 23.3 Å². The van der Waals surface area contributed by atoms with Gasteiger partial charge in [-0.1, -0.05) is 6.07 Å². The molecule has 2 aromatic rings. The van der Waals surface area contributed by atoms with E-state index in [0.717, 1.165) is 4.90 Å². The molecule has 0 aliphatic rings. The predicted octanol–water partition coefficient (Wildman–Crippen LogP) is 2.72. The van der Waals surface area contributed by atoms with Crippen LogP contribution in [0, 0.1) is 0 Å². The van der Waals surface area contributed by atoms with E-state index in [-0.39, 0.29) is 5.91 Å². The number of carbonyl (C=O) groups is 2. The Labute approximate surface area is 121 Å². The third-order valence-corrected chi connectivity index (χ3v) is 2.82. The first kappa shape index (κ1) is 14.0. The number of urea groups is 1. The van der Waals surface area contributed by atoms with Crippen molar-refractivity contribution in [1.29, 1.82) is 0 Å². The number of carbonyl (C=O) groups excluding carboxylic acids is 2. The molecule has 0 heterocycles. The molecule has 6 heteroatoms. The second-order valence-electron chi connectivity index (χ2n) is 4.07. The van der Waals surface area contributed by atoms with Gasteiger partial charge in [0, 0.05) is 21.8 Å². The highest BCUT2D eigenvalue weighted by Gasteiger charge is 2.07. The van der Waals surface area contributed by atoms with Crippen molar-refractivity contribution in [3.63, 3.8) is 0 Å². The average Bonchev–Trinajstić information content (AvgIpc) is 2.41. The fourth-order valence-corrected chi connectivity index (χ4v) is 1.78. The number of anilines is 2. The monoisotopic (exact) mass is 287 g/mol. The molecule has 3 amide bonds. The Balaban J connectivity index is 2.12. The van der Waals surface area contributed by atoms with Crippen molar-refractivity contribution in [1.82, 2.24) is 0 Å². The van der Waals surface area contributed by atoms with Crippen LogP contribution in [0.3, 0.4) is 0 Å². The topological polar surface area (TPSA) is 84.2 Å². The van der Waals surface area contributed by atoms with Crippen molar-refractivity contribution < 1.29 is 9.59 Å². The molecule has 2 aromatic carbocycles. The highest BCUT2D eigenvalue weighted by atomic mass is 32.1. The molecule has 102 valence electrons. The number of hydrogen-bond acceptors (Lipinski definition) is 3. The maximum atomic E-state index is 12.1. The van der Waals surface area contributed by atoms with Crippen LogP contribution in [0.2, 0.25) is 0 Å². The smallest absolute Gasteiger partial charge is 0.316 e. The summed E-state index contributed by atoms with van der Waals surface area (Å²) in [6.45, 7) is 0. The number of rotatable bonds is 3. The highest BCUT2D eigenvalue weighted by Crippen LogP contribution is 2.15. The second kappa shape index (κ2) is 6.12. The first-order valence-electron chi connectivity index (χ1n) is 5.81. The first-order chi connectivity index (χ1) is 9.54. The van der Waals surface area contributed by atoms with E-state index in [1.165, 1.54) is 0 Å². The van der Waals surface area contributed by atoms with Gasteiger partial charge in [0.2, 0.25) is 0 Å². The Kier molecular flexibility index (Phi) is 4.27. The summed E-state index contributed by atoms with van der Waals surface area (Å²) >= 11 is 4.17. The summed E-state index contributed by atoms with van der Waals surface area (Å²) in [5, 5.41) is 5.17. The Bertz CT molecular complexity index is 641. The molecular formula is C14H13N3O2S. The van der Waals surface area contributed by atoms with E-state index in [0.29, 0.717) is 16.9 Å². The molecule has 0 saturated carbocycles. The fraction of sp³-hybridized carbons (Fsp3) is 0. The summed E-state index contributed by atoms with van der Waals surface area (Å²) < 4.78 is 0. The third-order valence-electron chi connectivity index (χ3n) is 2.52. The van der Waals surface area contributed by atoms with Crippen LogP contribution in [0.4, 0.5) is 16.2 Å². The van der Waals surface area contributed by atoms with Crippen molar-refractivity contribution in [3.8, 4) is 0 Å². The lowest BCUT2D eigenvalue weighted by molar-refractivity contribution is 0.102. The van der Waals surface area contributed by atoms with Gasteiger partial charge in [0.1, 0.15) is 0 Å². The molecule has 0 radical (unpaired) electrons. The fourth-order valence-electron chi connectivity index (χ4n) is 1.63. The van der Waals surface area contributed by atoms with Gasteiger partial charge in [-0.25, -0.2) is 4.79 Å². The molecule has 0 saturated heterocycles. The molecule has 5 nitrogen and oxygen atoms in total. The largest absolute Gasteiger partial charge is 0.351 e. The number of nitrogens with two attached hydrogens (primary N) is 1. The summed E-state index contributed by atoms with van der Waals surface area (Å²) in [6.07, 6.45) is 0. The summed E-state index contributed by atoms with van der Waals surface area (Å²) in [5.41, 5.74) is 6.59. The zero-order chi connectivity index (χ0) is 14.5. The SMILES string of the molecule is NC(=O)Nc1cccc(C(=O)Nc2ccc(S)cc2)c1. The van der Waals surface area contributed by atoms with Crippen LogP contribution in [0.15, 0.2) is 53.4 Å². The van der Waals surface area contributed by atoms with Crippen LogP contribution < -0.4 is 16.4 Å². The molecule has 4 N–H and O–H groups in total. The Morgan fingerprint density at radius 1 is 0.950 bits per heavy atom. The zero-order valence-corrected chi connectivity index (χ0v) is 11.4. The summed E-state index contributed by atoms with van der Waals surface area (Å²) in [5.74, 6) is -0.273. The molecule has 0 spiro atoms. The molecule has 0 aliphatic heterocycles. The quantitative estimate of drug-likeness (QED) is 0.654. The lowest BCUT2D eigenvalue weighted by atomic mass is 10.2. The Hall–Kier alpha value is -2.47. The van der Waals surface area contributed by atoms with Crippen LogP contribution in [0.25, 0.3) is 0 Å². The predicted molar refractivity (Wildman–Crippen MR) is 81.3 cm³/mol. The minimum Gasteiger partial charge on any atom is -0.351 e. The van der Waals surface area contributed by atoms with E-state index < -0.39 is 6.03 Å². The van der Waals surface area contributed by atoms with Gasteiger partial charge in [-0.3, -0.25) is 4.79 Å². The second-order valence-corrected chi connectivity index (χ2v) is 4.59. The van der Waals surface area contributed by atoms with Crippen LogP contribution in [-0.4, -0.2) is 11.9 Å². The third kappa shape index (κ3) is 3.76. The van der Waals surface area contributed by atoms with Gasteiger partial charge in [0.15, 0.2) is 0 Å². The lowest BCUT2D eigenvalue weighted by Gasteiger charge is -2.07. The summed E-state index contributed by atoms with van der Waals surface area (Å²) in [6, 6.07) is 12.9. The van der Waals surface area contributed by atoms with Crippen molar-refractivity contribution in [2.24, 2.45) is 5.73 Å². The summed E-state index contributed by atoms with van der Waals surface area (Å²) in [4.78, 5) is 23.7. The molecule has 0 aliphatic carbocycles. The Morgan fingerprint density at radius 2 is 1.65 bits per heavy atom. The van der Waals surface area contributed by atoms with Crippen molar-refractivity contribution in [2.45, 2.75) is 4.90 Å². The van der Waals surface area contributed by atoms with E-state index in [1.807, 2.05) is 0 Å². The molecule has 0 aromatic heterocycles. The minimum absolute atomic E-state index is 0.273.